The third-order valence-corrected chi connectivity index (χ3v) is 2.01. The molecule has 0 saturated carbocycles. The quantitative estimate of drug-likeness (QED) is 0.516. The van der Waals surface area contributed by atoms with Crippen LogP contribution in [0.15, 0.2) is 12.1 Å². The van der Waals surface area contributed by atoms with E-state index >= 15 is 0 Å². The van der Waals surface area contributed by atoms with Crippen molar-refractivity contribution in [3.8, 4) is 0 Å². The van der Waals surface area contributed by atoms with Crippen molar-refractivity contribution in [2.75, 3.05) is 0 Å². The molecule has 0 fully saturated rings. The predicted octanol–water partition coefficient (Wildman–Crippen LogP) is 2.44. The Kier molecular flexibility index (Phi) is 3.54. The van der Waals surface area contributed by atoms with Crippen LogP contribution in [0.5, 0.6) is 0 Å². The second-order valence-electron chi connectivity index (χ2n) is 3.29. The fourth-order valence-corrected chi connectivity index (χ4v) is 1.30. The van der Waals surface area contributed by atoms with Crippen LogP contribution in [0.4, 0.5) is 23.2 Å². The van der Waals surface area contributed by atoms with E-state index in [1.807, 2.05) is 0 Å². The van der Waals surface area contributed by atoms with E-state index in [2.05, 4.69) is 0 Å². The number of hydrogen-bond acceptors (Lipinski definition) is 3. The first-order valence-corrected chi connectivity index (χ1v) is 4.39. The SMILES string of the molecule is O=C(O)CC(F)(F)c1c(F)ccc([N+](=O)[O-])c1F. The van der Waals surface area contributed by atoms with E-state index in [1.165, 1.54) is 0 Å². The van der Waals surface area contributed by atoms with Crippen LogP contribution in [-0.4, -0.2) is 16.0 Å². The van der Waals surface area contributed by atoms with E-state index < -0.39 is 46.1 Å². The summed E-state index contributed by atoms with van der Waals surface area (Å²) in [5.74, 6) is -10.2. The van der Waals surface area contributed by atoms with Crippen molar-refractivity contribution in [1.82, 2.24) is 0 Å². The van der Waals surface area contributed by atoms with Crippen LogP contribution in [0.2, 0.25) is 0 Å². The van der Waals surface area contributed by atoms with Gasteiger partial charge in [0, 0.05) is 6.07 Å². The Balaban J connectivity index is 3.43. The smallest absolute Gasteiger partial charge is 0.309 e. The van der Waals surface area contributed by atoms with Crippen LogP contribution in [0, 0.1) is 21.7 Å². The lowest BCUT2D eigenvalue weighted by molar-refractivity contribution is -0.387. The first kappa shape index (κ1) is 13.9. The Morgan fingerprint density at radius 3 is 2.39 bits per heavy atom. The highest BCUT2D eigenvalue weighted by molar-refractivity contribution is 5.68. The summed E-state index contributed by atoms with van der Waals surface area (Å²) in [4.78, 5) is 19.2. The molecular weight excluding hydrogens is 262 g/mol. The minimum atomic E-state index is -4.38. The third-order valence-electron chi connectivity index (χ3n) is 2.01. The summed E-state index contributed by atoms with van der Waals surface area (Å²) in [6.07, 6.45) is -1.87. The van der Waals surface area contributed by atoms with Crippen molar-refractivity contribution in [3.05, 3.63) is 39.4 Å². The van der Waals surface area contributed by atoms with Crippen LogP contribution in [0.1, 0.15) is 12.0 Å². The molecule has 9 heteroatoms. The second kappa shape index (κ2) is 4.59. The number of aliphatic carboxylic acids is 1. The minimum absolute atomic E-state index is 0.284. The highest BCUT2D eigenvalue weighted by Crippen LogP contribution is 2.38. The molecule has 0 saturated heterocycles. The zero-order valence-electron chi connectivity index (χ0n) is 8.49. The molecular formula is C9H5F4NO4. The summed E-state index contributed by atoms with van der Waals surface area (Å²) >= 11 is 0. The molecule has 0 unspecified atom stereocenters. The highest BCUT2D eigenvalue weighted by atomic mass is 19.3. The number of carboxylic acid groups (broad SMARTS) is 1. The van der Waals surface area contributed by atoms with Crippen LogP contribution >= 0.6 is 0 Å². The number of nitro groups is 1. The minimum Gasteiger partial charge on any atom is -0.481 e. The van der Waals surface area contributed by atoms with Gasteiger partial charge >= 0.3 is 11.7 Å². The van der Waals surface area contributed by atoms with Gasteiger partial charge in [-0.05, 0) is 6.07 Å². The lowest BCUT2D eigenvalue weighted by Crippen LogP contribution is -2.22. The Hall–Kier alpha value is -2.19. The maximum Gasteiger partial charge on any atom is 0.309 e. The normalized spacial score (nSPS) is 11.3. The van der Waals surface area contributed by atoms with Crippen molar-refractivity contribution >= 4 is 11.7 Å². The van der Waals surface area contributed by atoms with Gasteiger partial charge in [-0.3, -0.25) is 14.9 Å². The Labute approximate surface area is 96.8 Å². The third kappa shape index (κ3) is 2.55. The average molecular weight is 267 g/mol. The maximum absolute atomic E-state index is 13.4. The highest BCUT2D eigenvalue weighted by Gasteiger charge is 2.42. The van der Waals surface area contributed by atoms with Crippen molar-refractivity contribution in [2.45, 2.75) is 12.3 Å². The van der Waals surface area contributed by atoms with Crippen molar-refractivity contribution in [3.63, 3.8) is 0 Å². The number of nitro benzene ring substituents is 1. The van der Waals surface area contributed by atoms with Gasteiger partial charge in [0.15, 0.2) is 0 Å². The summed E-state index contributed by atoms with van der Waals surface area (Å²) in [6, 6.07) is 0.664. The molecule has 1 aromatic carbocycles. The number of carbonyl (C=O) groups is 1. The second-order valence-corrected chi connectivity index (χ2v) is 3.29. The summed E-state index contributed by atoms with van der Waals surface area (Å²) in [5.41, 5.74) is -3.27. The lowest BCUT2D eigenvalue weighted by Gasteiger charge is -2.15. The molecule has 0 aliphatic carbocycles. The number of hydrogen-bond donors (Lipinski definition) is 1. The van der Waals surface area contributed by atoms with Crippen molar-refractivity contribution in [1.29, 1.82) is 0 Å². The van der Waals surface area contributed by atoms with Crippen LogP contribution in [-0.2, 0) is 10.7 Å². The van der Waals surface area contributed by atoms with E-state index in [-0.39, 0.29) is 6.07 Å². The Morgan fingerprint density at radius 2 is 1.94 bits per heavy atom. The maximum atomic E-state index is 13.4. The van der Waals surface area contributed by atoms with Crippen LogP contribution in [0.25, 0.3) is 0 Å². The predicted molar refractivity (Wildman–Crippen MR) is 49.2 cm³/mol. The first-order chi connectivity index (χ1) is 8.16. The lowest BCUT2D eigenvalue weighted by atomic mass is 10.0. The zero-order valence-corrected chi connectivity index (χ0v) is 8.49. The Morgan fingerprint density at radius 1 is 1.39 bits per heavy atom. The molecule has 0 radical (unpaired) electrons. The van der Waals surface area contributed by atoms with Crippen molar-refractivity contribution in [2.24, 2.45) is 0 Å². The Bertz CT molecular complexity index is 518. The van der Waals surface area contributed by atoms with Crippen molar-refractivity contribution < 1.29 is 32.4 Å². The molecule has 0 amide bonds. The summed E-state index contributed by atoms with van der Waals surface area (Å²) in [7, 11) is 0. The summed E-state index contributed by atoms with van der Waals surface area (Å²) < 4.78 is 53.1. The number of rotatable bonds is 4. The van der Waals surface area contributed by atoms with Gasteiger partial charge in [-0.15, -0.1) is 0 Å². The topological polar surface area (TPSA) is 80.4 Å². The number of halogens is 4. The molecule has 0 spiro atoms. The van der Waals surface area contributed by atoms with E-state index in [0.717, 1.165) is 0 Å². The van der Waals surface area contributed by atoms with Gasteiger partial charge in [0.05, 0.1) is 10.5 Å². The van der Waals surface area contributed by atoms with Gasteiger partial charge in [0.2, 0.25) is 5.82 Å². The number of alkyl halides is 2. The van der Waals surface area contributed by atoms with Crippen LogP contribution < -0.4 is 0 Å². The zero-order chi connectivity index (χ0) is 14.1. The van der Waals surface area contributed by atoms with Gasteiger partial charge in [-0.25, -0.2) is 13.2 Å². The molecule has 0 aromatic heterocycles. The van der Waals surface area contributed by atoms with E-state index in [1.54, 1.807) is 0 Å². The number of benzene rings is 1. The molecule has 0 heterocycles. The van der Waals surface area contributed by atoms with E-state index in [9.17, 15) is 32.5 Å². The molecule has 1 N–H and O–H groups in total. The monoisotopic (exact) mass is 267 g/mol. The van der Waals surface area contributed by atoms with Gasteiger partial charge in [-0.1, -0.05) is 0 Å². The van der Waals surface area contributed by atoms with E-state index in [4.69, 9.17) is 5.11 Å². The first-order valence-electron chi connectivity index (χ1n) is 4.39. The molecule has 1 rings (SSSR count). The molecule has 0 bridgehead atoms. The molecule has 98 valence electrons. The molecule has 0 aliphatic heterocycles. The van der Waals surface area contributed by atoms with Gasteiger partial charge in [0.1, 0.15) is 12.2 Å². The summed E-state index contributed by atoms with van der Waals surface area (Å²) in [5, 5.41) is 18.5. The average Bonchev–Trinajstić information content (AvgIpc) is 2.13. The molecule has 1 aromatic rings. The van der Waals surface area contributed by atoms with Crippen LogP contribution in [0.3, 0.4) is 0 Å². The van der Waals surface area contributed by atoms with Gasteiger partial charge in [-0.2, -0.15) is 4.39 Å². The molecule has 5 nitrogen and oxygen atoms in total. The molecule has 0 aliphatic rings. The number of carboxylic acids is 1. The van der Waals surface area contributed by atoms with E-state index in [0.29, 0.717) is 6.07 Å². The number of nitrogens with zero attached hydrogens (tertiary/aromatic N) is 1. The summed E-state index contributed by atoms with van der Waals surface area (Å²) in [6.45, 7) is 0. The van der Waals surface area contributed by atoms with Gasteiger partial charge < -0.3 is 5.11 Å². The largest absolute Gasteiger partial charge is 0.481 e. The fraction of sp³-hybridized carbons (Fsp3) is 0.222. The molecule has 18 heavy (non-hydrogen) atoms. The van der Waals surface area contributed by atoms with Gasteiger partial charge in [0.25, 0.3) is 5.92 Å². The standard InChI is InChI=1S/C9H5F4NO4/c10-4-1-2-5(14(17)18)8(11)7(4)9(12,13)3-6(15)16/h1-2H,3H2,(H,15,16). The fourth-order valence-electron chi connectivity index (χ4n) is 1.30. The molecule has 0 atom stereocenters.